The van der Waals surface area contributed by atoms with E-state index in [-0.39, 0.29) is 0 Å². The fourth-order valence-electron chi connectivity index (χ4n) is 1.43. The highest BCUT2D eigenvalue weighted by atomic mass is 32.5. The van der Waals surface area contributed by atoms with Crippen LogP contribution in [0.25, 0.3) is 0 Å². The molecular weight excluding hydrogens is 525 g/mol. The van der Waals surface area contributed by atoms with Gasteiger partial charge in [0.1, 0.15) is 0 Å². The SMILES string of the molecule is C=CCCCCCC.C=CCCCCCC.OP(O)(O)=S.OP(O)(O)=S.OP(O)(O)=S. The first-order valence-electron chi connectivity index (χ1n) is 9.39. The van der Waals surface area contributed by atoms with Crippen LogP contribution in [0.15, 0.2) is 25.3 Å². The van der Waals surface area contributed by atoms with Gasteiger partial charge in [-0.2, -0.15) is 0 Å². The third-order valence-corrected chi connectivity index (χ3v) is 2.52. The molecule has 0 bridgehead atoms. The van der Waals surface area contributed by atoms with Crippen LogP contribution < -0.4 is 0 Å². The molecule has 0 saturated carbocycles. The molecule has 9 nitrogen and oxygen atoms in total. The van der Waals surface area contributed by atoms with Crippen LogP contribution in [0.4, 0.5) is 0 Å². The minimum Gasteiger partial charge on any atom is -0.325 e. The Morgan fingerprint density at radius 3 is 0.839 bits per heavy atom. The zero-order valence-electron chi connectivity index (χ0n) is 18.2. The standard InChI is InChI=1S/2C8H16.3H3O3PS/c2*1-3-5-7-8-6-4-2;3*1-4(2,3)5/h2*3H,1,4-8H2,2H3;3*(H3,1,2,3,5). The summed E-state index contributed by atoms with van der Waals surface area (Å²) in [4.78, 5) is 68.0. The molecule has 0 aromatic heterocycles. The van der Waals surface area contributed by atoms with Crippen LogP contribution in [0, 0.1) is 0 Å². The quantitative estimate of drug-likeness (QED) is 0.106. The molecule has 0 atom stereocenters. The average Bonchev–Trinajstić information content (AvgIpc) is 2.52. The van der Waals surface area contributed by atoms with Gasteiger partial charge < -0.3 is 44.0 Å². The molecule has 0 spiro atoms. The molecule has 9 N–H and O–H groups in total. The minimum atomic E-state index is -3.81. The van der Waals surface area contributed by atoms with Crippen LogP contribution in [0.2, 0.25) is 0 Å². The summed E-state index contributed by atoms with van der Waals surface area (Å²) in [5, 5.41) is 0. The molecule has 0 rings (SSSR count). The maximum Gasteiger partial charge on any atom is 0.319 e. The summed E-state index contributed by atoms with van der Waals surface area (Å²) >= 11 is 10.8. The van der Waals surface area contributed by atoms with E-state index >= 15 is 0 Å². The Hall–Kier alpha value is 1.07. The monoisotopic (exact) mass is 566 g/mol. The molecule has 0 aliphatic heterocycles. The summed E-state index contributed by atoms with van der Waals surface area (Å²) in [5.74, 6) is 0. The van der Waals surface area contributed by atoms with Crippen molar-refractivity contribution in [2.45, 2.75) is 78.1 Å². The Kier molecular flexibility index (Phi) is 39.7. The van der Waals surface area contributed by atoms with E-state index in [9.17, 15) is 0 Å². The van der Waals surface area contributed by atoms with Gasteiger partial charge in [-0.15, -0.1) is 13.2 Å². The molecule has 0 radical (unpaired) electrons. The molecule has 15 heteroatoms. The number of unbranched alkanes of at least 4 members (excludes halogenated alkanes) is 8. The Morgan fingerprint density at radius 1 is 0.516 bits per heavy atom. The molecule has 31 heavy (non-hydrogen) atoms. The summed E-state index contributed by atoms with van der Waals surface area (Å²) < 4.78 is 0. The van der Waals surface area contributed by atoms with Crippen LogP contribution in [-0.2, 0) is 35.4 Å². The Morgan fingerprint density at radius 2 is 0.710 bits per heavy atom. The second-order valence-corrected chi connectivity index (χ2v) is 13.3. The van der Waals surface area contributed by atoms with Gasteiger partial charge in [0.2, 0.25) is 0 Å². The molecule has 0 saturated heterocycles. The first-order chi connectivity index (χ1) is 13.8. The fraction of sp³-hybridized carbons (Fsp3) is 0.750. The zero-order chi connectivity index (χ0) is 26.0. The van der Waals surface area contributed by atoms with Gasteiger partial charge in [0.15, 0.2) is 0 Å². The predicted octanol–water partition coefficient (Wildman–Crippen LogP) is 3.85. The van der Waals surface area contributed by atoms with Crippen molar-refractivity contribution < 1.29 is 44.0 Å². The molecule has 0 aliphatic carbocycles. The van der Waals surface area contributed by atoms with Crippen molar-refractivity contribution in [2.24, 2.45) is 0 Å². The van der Waals surface area contributed by atoms with E-state index in [1.165, 1.54) is 64.2 Å². The minimum absolute atomic E-state index is 1.19. The Labute approximate surface area is 202 Å². The zero-order valence-corrected chi connectivity index (χ0v) is 23.4. The first-order valence-corrected chi connectivity index (χ1v) is 17.4. The van der Waals surface area contributed by atoms with Crippen molar-refractivity contribution in [2.75, 3.05) is 0 Å². The van der Waals surface area contributed by atoms with Crippen molar-refractivity contribution in [3.63, 3.8) is 0 Å². The van der Waals surface area contributed by atoms with E-state index < -0.39 is 20.2 Å². The smallest absolute Gasteiger partial charge is 0.319 e. The van der Waals surface area contributed by atoms with E-state index in [0.717, 1.165) is 0 Å². The maximum atomic E-state index is 7.56. The third kappa shape index (κ3) is 214. The number of hydrogen-bond donors (Lipinski definition) is 9. The number of allylic oxidation sites excluding steroid dienone is 2. The van der Waals surface area contributed by atoms with Crippen molar-refractivity contribution in [1.82, 2.24) is 0 Å². The highest BCUT2D eigenvalue weighted by Crippen LogP contribution is 2.27. The lowest BCUT2D eigenvalue weighted by Crippen LogP contribution is -1.71. The normalized spacial score (nSPS) is 10.4. The Bertz CT molecular complexity index is 431. The average molecular weight is 567 g/mol. The summed E-state index contributed by atoms with van der Waals surface area (Å²) in [6.45, 7) is 0.360. The molecule has 0 amide bonds. The largest absolute Gasteiger partial charge is 0.325 e. The first kappa shape index (κ1) is 42.2. The van der Waals surface area contributed by atoms with Crippen molar-refractivity contribution in [1.29, 1.82) is 0 Å². The summed E-state index contributed by atoms with van der Waals surface area (Å²) in [6.07, 6.45) is 17.2. The van der Waals surface area contributed by atoms with Crippen LogP contribution in [-0.4, -0.2) is 44.0 Å². The lowest BCUT2D eigenvalue weighted by Gasteiger charge is -1.91. The Balaban J connectivity index is -0.0000000928. The van der Waals surface area contributed by atoms with Crippen molar-refractivity contribution in [3.8, 4) is 0 Å². The van der Waals surface area contributed by atoms with Gasteiger partial charge in [-0.25, -0.2) is 0 Å². The van der Waals surface area contributed by atoms with Crippen LogP contribution in [0.1, 0.15) is 78.1 Å². The molecule has 192 valence electrons. The van der Waals surface area contributed by atoms with Crippen molar-refractivity contribution >= 4 is 55.6 Å². The topological polar surface area (TPSA) is 182 Å². The summed E-state index contributed by atoms with van der Waals surface area (Å²) in [6, 6.07) is 0. The number of rotatable bonds is 10. The molecule has 0 unspecified atom stereocenters. The van der Waals surface area contributed by atoms with Crippen LogP contribution >= 0.6 is 20.2 Å². The number of hydrogen-bond acceptors (Lipinski definition) is 3. The van der Waals surface area contributed by atoms with E-state index in [1.807, 2.05) is 12.2 Å². The van der Waals surface area contributed by atoms with Gasteiger partial charge in [0.05, 0.1) is 0 Å². The molecule has 0 heterocycles. The van der Waals surface area contributed by atoms with Gasteiger partial charge in [-0.1, -0.05) is 64.5 Å². The lowest BCUT2D eigenvalue weighted by molar-refractivity contribution is 0.361. The second kappa shape index (κ2) is 29.1. The summed E-state index contributed by atoms with van der Waals surface area (Å²) in [7, 11) is 0. The summed E-state index contributed by atoms with van der Waals surface area (Å²) in [5.41, 5.74) is 0. The van der Waals surface area contributed by atoms with E-state index in [4.69, 9.17) is 44.0 Å². The maximum absolute atomic E-state index is 7.56. The van der Waals surface area contributed by atoms with E-state index in [2.05, 4.69) is 62.4 Å². The molecule has 0 aromatic rings. The molecule has 0 aliphatic rings. The van der Waals surface area contributed by atoms with E-state index in [0.29, 0.717) is 0 Å². The molecule has 0 fully saturated rings. The van der Waals surface area contributed by atoms with Crippen LogP contribution in [0.5, 0.6) is 0 Å². The molecular formula is C16H41O9P3S3. The fourth-order valence-corrected chi connectivity index (χ4v) is 1.43. The highest BCUT2D eigenvalue weighted by Gasteiger charge is 1.93. The van der Waals surface area contributed by atoms with Gasteiger partial charge >= 0.3 is 20.2 Å². The van der Waals surface area contributed by atoms with Gasteiger partial charge in [0.25, 0.3) is 0 Å². The molecule has 0 aromatic carbocycles. The van der Waals surface area contributed by atoms with Crippen LogP contribution in [0.3, 0.4) is 0 Å². The van der Waals surface area contributed by atoms with Gasteiger partial charge in [-0.3, -0.25) is 0 Å². The van der Waals surface area contributed by atoms with E-state index in [1.54, 1.807) is 0 Å². The third-order valence-electron chi connectivity index (χ3n) is 2.52. The second-order valence-electron chi connectivity index (χ2n) is 5.82. The van der Waals surface area contributed by atoms with Gasteiger partial charge in [0, 0.05) is 0 Å². The predicted molar refractivity (Wildman–Crippen MR) is 141 cm³/mol. The van der Waals surface area contributed by atoms with Gasteiger partial charge in [-0.05, 0) is 61.1 Å². The highest BCUT2D eigenvalue weighted by molar-refractivity contribution is 8.06. The van der Waals surface area contributed by atoms with Crippen molar-refractivity contribution in [3.05, 3.63) is 25.3 Å². The lowest BCUT2D eigenvalue weighted by atomic mass is 10.2.